The van der Waals surface area contributed by atoms with Crippen LogP contribution in [-0.4, -0.2) is 30.1 Å². The zero-order valence-corrected chi connectivity index (χ0v) is 11.4. The van der Waals surface area contributed by atoms with E-state index in [1.165, 1.54) is 0 Å². The first-order valence-electron chi connectivity index (χ1n) is 6.03. The van der Waals surface area contributed by atoms with Gasteiger partial charge in [0, 0.05) is 23.6 Å². The molecule has 0 radical (unpaired) electrons. The number of carboxylic acids is 1. The lowest BCUT2D eigenvalue weighted by atomic mass is 10.1. The number of hydrogen-bond acceptors (Lipinski definition) is 3. The molecule has 0 heterocycles. The molecule has 0 saturated heterocycles. The molecular formula is C13H17ClN2O3. The number of benzene rings is 1. The molecule has 1 rings (SSSR count). The summed E-state index contributed by atoms with van der Waals surface area (Å²) in [6.45, 7) is 3.21. The van der Waals surface area contributed by atoms with Gasteiger partial charge >= 0.3 is 5.97 Å². The Morgan fingerprint density at radius 2 is 2.05 bits per heavy atom. The second-order valence-corrected chi connectivity index (χ2v) is 4.37. The zero-order valence-electron chi connectivity index (χ0n) is 10.6. The minimum Gasteiger partial charge on any atom is -0.479 e. The predicted molar refractivity (Wildman–Crippen MR) is 73.1 cm³/mol. The smallest absolute Gasteiger partial charge is 0.330 e. The van der Waals surface area contributed by atoms with Crippen LogP contribution >= 0.6 is 11.6 Å². The Hall–Kier alpha value is -1.59. The Balaban J connectivity index is 2.72. The highest BCUT2D eigenvalue weighted by Crippen LogP contribution is 2.22. The molecule has 0 saturated carbocycles. The molecule has 0 bridgehead atoms. The number of carbonyl (C=O) groups excluding carboxylic acids is 1. The Morgan fingerprint density at radius 1 is 1.37 bits per heavy atom. The van der Waals surface area contributed by atoms with E-state index in [0.717, 1.165) is 6.54 Å². The Morgan fingerprint density at radius 3 is 2.63 bits per heavy atom. The van der Waals surface area contributed by atoms with E-state index in [2.05, 4.69) is 10.6 Å². The minimum atomic E-state index is -1.13. The number of nitrogens with one attached hydrogen (secondary N) is 2. The second-order valence-electron chi connectivity index (χ2n) is 3.96. The molecule has 5 nitrogen and oxygen atoms in total. The minimum absolute atomic E-state index is 0.224. The van der Waals surface area contributed by atoms with Gasteiger partial charge in [0.1, 0.15) is 0 Å². The van der Waals surface area contributed by atoms with E-state index in [4.69, 9.17) is 11.6 Å². The van der Waals surface area contributed by atoms with Gasteiger partial charge in [-0.15, -0.1) is 0 Å². The van der Waals surface area contributed by atoms with E-state index in [9.17, 15) is 14.7 Å². The number of carbonyl (C=O) groups is 2. The molecule has 19 heavy (non-hydrogen) atoms. The van der Waals surface area contributed by atoms with Gasteiger partial charge in [0.05, 0.1) is 0 Å². The number of rotatable bonds is 7. The van der Waals surface area contributed by atoms with Gasteiger partial charge in [-0.3, -0.25) is 4.79 Å². The monoisotopic (exact) mass is 284 g/mol. The van der Waals surface area contributed by atoms with Crippen molar-refractivity contribution in [3.8, 4) is 0 Å². The fraction of sp³-hybridized carbons (Fsp3) is 0.385. The van der Waals surface area contributed by atoms with E-state index >= 15 is 0 Å². The molecule has 104 valence electrons. The van der Waals surface area contributed by atoms with Crippen LogP contribution in [0.5, 0.6) is 0 Å². The fourth-order valence-electron chi connectivity index (χ4n) is 1.59. The number of halogens is 1. The van der Waals surface area contributed by atoms with E-state index in [1.807, 2.05) is 6.92 Å². The second kappa shape index (κ2) is 7.76. The third kappa shape index (κ3) is 4.89. The average molecular weight is 285 g/mol. The largest absolute Gasteiger partial charge is 0.479 e. The van der Waals surface area contributed by atoms with Crippen molar-refractivity contribution in [1.82, 2.24) is 10.6 Å². The topological polar surface area (TPSA) is 78.4 Å². The highest BCUT2D eigenvalue weighted by molar-refractivity contribution is 6.31. The molecule has 0 unspecified atom stereocenters. The van der Waals surface area contributed by atoms with Gasteiger partial charge in [-0.1, -0.05) is 36.7 Å². The molecule has 1 atom stereocenters. The molecule has 0 aromatic heterocycles. The summed E-state index contributed by atoms with van der Waals surface area (Å²) in [5.74, 6) is -1.46. The van der Waals surface area contributed by atoms with Crippen LogP contribution in [0.4, 0.5) is 0 Å². The van der Waals surface area contributed by atoms with Crippen LogP contribution in [0.2, 0.25) is 5.02 Å². The van der Waals surface area contributed by atoms with Crippen LogP contribution in [0.25, 0.3) is 0 Å². The summed E-state index contributed by atoms with van der Waals surface area (Å²) in [6.07, 6.45) is 0.224. The van der Waals surface area contributed by atoms with Gasteiger partial charge in [-0.25, -0.2) is 4.79 Å². The zero-order chi connectivity index (χ0) is 14.3. The summed E-state index contributed by atoms with van der Waals surface area (Å²) in [6, 6.07) is 5.45. The standard InChI is InChI=1S/C13H17ClN2O3/c1-2-15-8-7-11(17)16-12(13(18)19)9-5-3-4-6-10(9)14/h3-6,12,15H,2,7-8H2,1H3,(H,16,17)(H,18,19)/t12-/m1/s1. The molecule has 3 N–H and O–H groups in total. The molecule has 0 aliphatic heterocycles. The van der Waals surface area contributed by atoms with Crippen molar-refractivity contribution in [3.63, 3.8) is 0 Å². The van der Waals surface area contributed by atoms with Crippen LogP contribution < -0.4 is 10.6 Å². The van der Waals surface area contributed by atoms with Gasteiger partial charge in [0.15, 0.2) is 6.04 Å². The quantitative estimate of drug-likeness (QED) is 0.664. The molecule has 0 fully saturated rings. The van der Waals surface area contributed by atoms with E-state index in [-0.39, 0.29) is 12.3 Å². The van der Waals surface area contributed by atoms with E-state index in [0.29, 0.717) is 17.1 Å². The first-order chi connectivity index (χ1) is 9.06. The molecule has 1 aromatic carbocycles. The van der Waals surface area contributed by atoms with Crippen molar-refractivity contribution in [2.24, 2.45) is 0 Å². The summed E-state index contributed by atoms with van der Waals surface area (Å²) in [5.41, 5.74) is 0.383. The summed E-state index contributed by atoms with van der Waals surface area (Å²) in [7, 11) is 0. The maximum Gasteiger partial charge on any atom is 0.330 e. The number of amides is 1. The van der Waals surface area contributed by atoms with Crippen LogP contribution in [0.15, 0.2) is 24.3 Å². The van der Waals surface area contributed by atoms with E-state index in [1.54, 1.807) is 24.3 Å². The summed E-state index contributed by atoms with van der Waals surface area (Å²) >= 11 is 5.95. The van der Waals surface area contributed by atoms with Crippen molar-refractivity contribution in [2.75, 3.05) is 13.1 Å². The Kier molecular flexibility index (Phi) is 6.32. The molecule has 0 aliphatic carbocycles. The molecule has 6 heteroatoms. The predicted octanol–water partition coefficient (Wildman–Crippen LogP) is 1.58. The van der Waals surface area contributed by atoms with Crippen molar-refractivity contribution in [3.05, 3.63) is 34.9 Å². The average Bonchev–Trinajstić information content (AvgIpc) is 2.37. The third-order valence-electron chi connectivity index (χ3n) is 2.55. The Labute approximate surface area is 117 Å². The van der Waals surface area contributed by atoms with Crippen LogP contribution in [0, 0.1) is 0 Å². The first kappa shape index (κ1) is 15.5. The number of carboxylic acid groups (broad SMARTS) is 1. The molecule has 1 aromatic rings. The van der Waals surface area contributed by atoms with Crippen molar-refractivity contribution < 1.29 is 14.7 Å². The van der Waals surface area contributed by atoms with Gasteiger partial charge < -0.3 is 15.7 Å². The number of aliphatic carboxylic acids is 1. The Bertz CT molecular complexity index is 451. The van der Waals surface area contributed by atoms with Crippen molar-refractivity contribution in [1.29, 1.82) is 0 Å². The van der Waals surface area contributed by atoms with Crippen LogP contribution in [-0.2, 0) is 9.59 Å². The van der Waals surface area contributed by atoms with Crippen LogP contribution in [0.3, 0.4) is 0 Å². The highest BCUT2D eigenvalue weighted by atomic mass is 35.5. The summed E-state index contributed by atoms with van der Waals surface area (Å²) < 4.78 is 0. The fourth-order valence-corrected chi connectivity index (χ4v) is 1.84. The molecular weight excluding hydrogens is 268 g/mol. The lowest BCUT2D eigenvalue weighted by Gasteiger charge is -2.16. The summed E-state index contributed by atoms with van der Waals surface area (Å²) in [4.78, 5) is 22.9. The van der Waals surface area contributed by atoms with Crippen molar-refractivity contribution >= 4 is 23.5 Å². The van der Waals surface area contributed by atoms with Gasteiger partial charge in [0.2, 0.25) is 5.91 Å². The lowest BCUT2D eigenvalue weighted by molar-refractivity contribution is -0.142. The third-order valence-corrected chi connectivity index (χ3v) is 2.89. The molecule has 0 spiro atoms. The lowest BCUT2D eigenvalue weighted by Crippen LogP contribution is -2.35. The highest BCUT2D eigenvalue weighted by Gasteiger charge is 2.23. The molecule has 1 amide bonds. The van der Waals surface area contributed by atoms with Gasteiger partial charge in [-0.05, 0) is 12.6 Å². The van der Waals surface area contributed by atoms with Gasteiger partial charge in [0.25, 0.3) is 0 Å². The maximum atomic E-state index is 11.7. The summed E-state index contributed by atoms with van der Waals surface area (Å²) in [5, 5.41) is 15.0. The normalized spacial score (nSPS) is 11.9. The SMILES string of the molecule is CCNCCC(=O)N[C@@H](C(=O)O)c1ccccc1Cl. The van der Waals surface area contributed by atoms with Gasteiger partial charge in [-0.2, -0.15) is 0 Å². The number of hydrogen-bond donors (Lipinski definition) is 3. The van der Waals surface area contributed by atoms with Crippen LogP contribution in [0.1, 0.15) is 24.9 Å². The first-order valence-corrected chi connectivity index (χ1v) is 6.41. The van der Waals surface area contributed by atoms with Crippen molar-refractivity contribution in [2.45, 2.75) is 19.4 Å². The van der Waals surface area contributed by atoms with E-state index < -0.39 is 12.0 Å². The maximum absolute atomic E-state index is 11.7. The molecule has 0 aliphatic rings.